The third-order valence-corrected chi connectivity index (χ3v) is 6.74. The van der Waals surface area contributed by atoms with Crippen LogP contribution in [0.25, 0.3) is 11.1 Å². The topological polar surface area (TPSA) is 92.5 Å². The predicted molar refractivity (Wildman–Crippen MR) is 119 cm³/mol. The summed E-state index contributed by atoms with van der Waals surface area (Å²) in [6.07, 6.45) is 2.12. The maximum atomic E-state index is 13.1. The second kappa shape index (κ2) is 10.2. The number of thioether (sulfide) groups is 1. The summed E-state index contributed by atoms with van der Waals surface area (Å²) < 4.78 is 18.6. The molecule has 0 amide bonds. The molecular formula is C22H23FN2O4S2. The highest BCUT2D eigenvalue weighted by molar-refractivity contribution is 8.02. The number of hydrogen-bond donors (Lipinski definition) is 2. The lowest BCUT2D eigenvalue weighted by atomic mass is 10.0. The summed E-state index contributed by atoms with van der Waals surface area (Å²) in [5, 5.41) is 20.6. The fraction of sp³-hybridized carbons (Fsp3) is 0.318. The summed E-state index contributed by atoms with van der Waals surface area (Å²) in [6.45, 7) is 3.53. The summed E-state index contributed by atoms with van der Waals surface area (Å²) in [4.78, 5) is 20.2. The third kappa shape index (κ3) is 6.25. The molecule has 6 nitrogen and oxygen atoms in total. The second-order valence-electron chi connectivity index (χ2n) is 7.37. The first-order valence-electron chi connectivity index (χ1n) is 9.62. The van der Waals surface area contributed by atoms with Gasteiger partial charge in [0.2, 0.25) is 5.88 Å². The van der Waals surface area contributed by atoms with E-state index in [4.69, 9.17) is 4.74 Å². The van der Waals surface area contributed by atoms with Gasteiger partial charge in [0, 0.05) is 35.7 Å². The quantitative estimate of drug-likeness (QED) is 0.416. The van der Waals surface area contributed by atoms with E-state index in [2.05, 4.69) is 9.97 Å². The van der Waals surface area contributed by atoms with E-state index in [1.807, 2.05) is 11.4 Å². The first-order chi connectivity index (χ1) is 14.8. The SMILES string of the molecule is CC(C)(Sc1nc(C(CCO)COc2ccc(-c3ccc(F)cc3)cn2)cs1)C(=O)O. The van der Waals surface area contributed by atoms with E-state index >= 15 is 0 Å². The number of aliphatic carboxylic acids is 1. The fourth-order valence-electron chi connectivity index (χ4n) is 2.70. The largest absolute Gasteiger partial charge is 0.480 e. The number of pyridine rings is 1. The summed E-state index contributed by atoms with van der Waals surface area (Å²) >= 11 is 2.57. The molecule has 0 aliphatic carbocycles. The Morgan fingerprint density at radius 1 is 1.23 bits per heavy atom. The van der Waals surface area contributed by atoms with Gasteiger partial charge in [-0.05, 0) is 44.0 Å². The van der Waals surface area contributed by atoms with Crippen LogP contribution in [0.2, 0.25) is 0 Å². The third-order valence-electron chi connectivity index (χ3n) is 4.60. The Labute approximate surface area is 188 Å². The number of carboxylic acid groups (broad SMARTS) is 1. The highest BCUT2D eigenvalue weighted by atomic mass is 32.2. The number of ether oxygens (including phenoxy) is 1. The molecule has 1 atom stereocenters. The Bertz CT molecular complexity index is 1010. The summed E-state index contributed by atoms with van der Waals surface area (Å²) in [6, 6.07) is 9.77. The zero-order valence-electron chi connectivity index (χ0n) is 17.1. The van der Waals surface area contributed by atoms with E-state index < -0.39 is 10.7 Å². The molecule has 31 heavy (non-hydrogen) atoms. The summed E-state index contributed by atoms with van der Waals surface area (Å²) in [5.74, 6) is -0.908. The highest BCUT2D eigenvalue weighted by Crippen LogP contribution is 2.36. The van der Waals surface area contributed by atoms with E-state index in [0.29, 0.717) is 16.6 Å². The van der Waals surface area contributed by atoms with E-state index in [0.717, 1.165) is 16.8 Å². The Morgan fingerprint density at radius 3 is 2.55 bits per heavy atom. The molecule has 3 rings (SSSR count). The predicted octanol–water partition coefficient (Wildman–Crippen LogP) is 4.84. The number of aliphatic hydroxyl groups is 1. The van der Waals surface area contributed by atoms with Crippen molar-refractivity contribution in [1.82, 2.24) is 9.97 Å². The molecule has 0 aliphatic rings. The Morgan fingerprint density at radius 2 is 1.94 bits per heavy atom. The maximum Gasteiger partial charge on any atom is 0.319 e. The normalized spacial score (nSPS) is 12.5. The molecule has 0 spiro atoms. The molecule has 0 aliphatic heterocycles. The second-order valence-corrected chi connectivity index (χ2v) is 10.1. The van der Waals surface area contributed by atoms with Crippen molar-refractivity contribution in [2.45, 2.75) is 35.3 Å². The van der Waals surface area contributed by atoms with Crippen LogP contribution in [0.5, 0.6) is 5.88 Å². The zero-order valence-corrected chi connectivity index (χ0v) is 18.8. The van der Waals surface area contributed by atoms with Crippen LogP contribution in [0.15, 0.2) is 52.3 Å². The van der Waals surface area contributed by atoms with Crippen LogP contribution in [0, 0.1) is 5.82 Å². The molecule has 0 saturated carbocycles. The number of thiazole rings is 1. The zero-order chi connectivity index (χ0) is 22.4. The maximum absolute atomic E-state index is 13.1. The van der Waals surface area contributed by atoms with Gasteiger partial charge in [0.05, 0.1) is 12.3 Å². The number of hydrogen-bond acceptors (Lipinski definition) is 7. The van der Waals surface area contributed by atoms with Gasteiger partial charge in [-0.15, -0.1) is 11.3 Å². The molecule has 0 fully saturated rings. The number of rotatable bonds is 10. The van der Waals surface area contributed by atoms with Crippen LogP contribution in [0.4, 0.5) is 4.39 Å². The van der Waals surface area contributed by atoms with E-state index in [1.165, 1.54) is 35.2 Å². The molecule has 2 aromatic heterocycles. The highest BCUT2D eigenvalue weighted by Gasteiger charge is 2.30. The van der Waals surface area contributed by atoms with Crippen LogP contribution in [0.1, 0.15) is 31.9 Å². The van der Waals surface area contributed by atoms with Crippen molar-refractivity contribution >= 4 is 29.1 Å². The van der Waals surface area contributed by atoms with Gasteiger partial charge in [-0.2, -0.15) is 0 Å². The molecule has 3 aromatic rings. The van der Waals surface area contributed by atoms with Crippen molar-refractivity contribution in [2.75, 3.05) is 13.2 Å². The van der Waals surface area contributed by atoms with Gasteiger partial charge in [0.1, 0.15) is 10.6 Å². The molecule has 0 saturated heterocycles. The van der Waals surface area contributed by atoms with Crippen molar-refractivity contribution in [3.05, 3.63) is 59.5 Å². The number of aromatic nitrogens is 2. The number of benzene rings is 1. The van der Waals surface area contributed by atoms with Crippen molar-refractivity contribution < 1.29 is 24.1 Å². The smallest absolute Gasteiger partial charge is 0.319 e. The lowest BCUT2D eigenvalue weighted by Gasteiger charge is -2.16. The van der Waals surface area contributed by atoms with E-state index in [-0.39, 0.29) is 24.9 Å². The van der Waals surface area contributed by atoms with Gasteiger partial charge in [-0.1, -0.05) is 23.9 Å². The minimum Gasteiger partial charge on any atom is -0.480 e. The molecule has 1 aromatic carbocycles. The minimum atomic E-state index is -0.978. The number of halogens is 1. The minimum absolute atomic E-state index is 0.0222. The molecule has 2 N–H and O–H groups in total. The van der Waals surface area contributed by atoms with Crippen molar-refractivity contribution in [3.63, 3.8) is 0 Å². The summed E-state index contributed by atoms with van der Waals surface area (Å²) in [7, 11) is 0. The van der Waals surface area contributed by atoms with Crippen molar-refractivity contribution in [2.24, 2.45) is 0 Å². The molecule has 9 heteroatoms. The van der Waals surface area contributed by atoms with Gasteiger partial charge in [-0.3, -0.25) is 4.79 Å². The number of carboxylic acids is 1. The van der Waals surface area contributed by atoms with Crippen LogP contribution in [0.3, 0.4) is 0 Å². The molecule has 1 unspecified atom stereocenters. The van der Waals surface area contributed by atoms with Crippen LogP contribution < -0.4 is 4.74 Å². The van der Waals surface area contributed by atoms with Gasteiger partial charge in [0.25, 0.3) is 0 Å². The first-order valence-corrected chi connectivity index (χ1v) is 11.3. The average molecular weight is 463 g/mol. The van der Waals surface area contributed by atoms with Gasteiger partial charge in [-0.25, -0.2) is 14.4 Å². The average Bonchev–Trinajstić information content (AvgIpc) is 3.19. The lowest BCUT2D eigenvalue weighted by molar-refractivity contribution is -0.138. The van der Waals surface area contributed by atoms with Crippen LogP contribution >= 0.6 is 23.1 Å². The number of carbonyl (C=O) groups is 1. The van der Waals surface area contributed by atoms with E-state index in [9.17, 15) is 19.4 Å². The van der Waals surface area contributed by atoms with Crippen LogP contribution in [-0.4, -0.2) is 44.1 Å². The number of aliphatic hydroxyl groups excluding tert-OH is 1. The lowest BCUT2D eigenvalue weighted by Crippen LogP contribution is -2.26. The summed E-state index contributed by atoms with van der Waals surface area (Å²) in [5.41, 5.74) is 2.46. The molecule has 164 valence electrons. The van der Waals surface area contributed by atoms with Gasteiger partial charge < -0.3 is 14.9 Å². The molecule has 0 bridgehead atoms. The molecular weight excluding hydrogens is 439 g/mol. The van der Waals surface area contributed by atoms with Gasteiger partial charge >= 0.3 is 5.97 Å². The van der Waals surface area contributed by atoms with Crippen molar-refractivity contribution in [1.29, 1.82) is 0 Å². The van der Waals surface area contributed by atoms with E-state index in [1.54, 1.807) is 38.2 Å². The number of nitrogens with zero attached hydrogens (tertiary/aromatic N) is 2. The Balaban J connectivity index is 1.64. The Kier molecular flexibility index (Phi) is 7.64. The first kappa shape index (κ1) is 23.2. The Hall–Kier alpha value is -2.49. The molecule has 2 heterocycles. The molecule has 0 radical (unpaired) electrons. The van der Waals surface area contributed by atoms with Crippen LogP contribution in [-0.2, 0) is 4.79 Å². The van der Waals surface area contributed by atoms with Gasteiger partial charge in [0.15, 0.2) is 4.34 Å². The fourth-order valence-corrected chi connectivity index (χ4v) is 4.96. The monoisotopic (exact) mass is 462 g/mol. The standard InChI is InChI=1S/C22H23FN2O4S2/c1-22(2,20(27)28)31-21-25-18(13-30-21)16(9-10-26)12-29-19-8-5-15(11-24-19)14-3-6-17(23)7-4-14/h3-8,11,13,16,26H,9-10,12H2,1-2H3,(H,27,28). The van der Waals surface area contributed by atoms with Crippen molar-refractivity contribution in [3.8, 4) is 17.0 Å².